The lowest BCUT2D eigenvalue weighted by Crippen LogP contribution is -2.63. The number of fused-ring (bicyclic) bond motifs is 4. The number of carbonyl (C=O) groups is 2. The van der Waals surface area contributed by atoms with Crippen LogP contribution in [0.2, 0.25) is 0 Å². The first-order valence-electron chi connectivity index (χ1n) is 11.6. The summed E-state index contributed by atoms with van der Waals surface area (Å²) in [5.74, 6) is 0.661. The molecule has 1 aromatic heterocycles. The number of hydrogen-bond acceptors (Lipinski definition) is 4. The van der Waals surface area contributed by atoms with Gasteiger partial charge < -0.3 is 24.3 Å². The van der Waals surface area contributed by atoms with Gasteiger partial charge in [-0.1, -0.05) is 36.4 Å². The zero-order valence-electron chi connectivity index (χ0n) is 18.6. The fourth-order valence-corrected chi connectivity index (χ4v) is 5.73. The molecule has 3 aliphatic rings. The van der Waals surface area contributed by atoms with Gasteiger partial charge in [0.15, 0.2) is 0 Å². The Morgan fingerprint density at radius 2 is 1.94 bits per heavy atom. The van der Waals surface area contributed by atoms with E-state index in [0.29, 0.717) is 18.7 Å². The van der Waals surface area contributed by atoms with Crippen molar-refractivity contribution in [3.63, 3.8) is 0 Å². The maximum Gasteiger partial charge on any atom is 0.246 e. The Balaban J connectivity index is 1.48. The van der Waals surface area contributed by atoms with Crippen molar-refractivity contribution in [2.45, 2.75) is 37.5 Å². The molecule has 2 aromatic carbocycles. The van der Waals surface area contributed by atoms with E-state index in [1.165, 1.54) is 0 Å². The Labute approximate surface area is 192 Å². The van der Waals surface area contributed by atoms with Crippen molar-refractivity contribution in [1.29, 1.82) is 0 Å². The Morgan fingerprint density at radius 1 is 1.12 bits per heavy atom. The number of H-pyrrole nitrogens is 1. The predicted octanol–water partition coefficient (Wildman–Crippen LogP) is 3.04. The van der Waals surface area contributed by atoms with E-state index >= 15 is 0 Å². The molecule has 0 unspecified atom stereocenters. The van der Waals surface area contributed by atoms with Crippen molar-refractivity contribution in [2.75, 3.05) is 26.8 Å². The van der Waals surface area contributed by atoms with Gasteiger partial charge in [-0.3, -0.25) is 9.59 Å². The van der Waals surface area contributed by atoms with Crippen molar-refractivity contribution < 1.29 is 19.1 Å². The highest BCUT2D eigenvalue weighted by Gasteiger charge is 2.49. The average molecular weight is 446 g/mol. The van der Waals surface area contributed by atoms with Crippen LogP contribution in [0.5, 0.6) is 5.75 Å². The van der Waals surface area contributed by atoms with Gasteiger partial charge in [0.2, 0.25) is 11.8 Å². The van der Waals surface area contributed by atoms with Crippen molar-refractivity contribution in [1.82, 2.24) is 14.8 Å². The molecule has 7 nitrogen and oxygen atoms in total. The number of benzene rings is 2. The molecule has 6 rings (SSSR count). The molecule has 33 heavy (non-hydrogen) atoms. The highest BCUT2D eigenvalue weighted by molar-refractivity contribution is 5.97. The number of aromatic amines is 1. The average Bonchev–Trinajstić information content (AvgIpc) is 3.48. The quantitative estimate of drug-likeness (QED) is 0.670. The molecule has 0 bridgehead atoms. The summed E-state index contributed by atoms with van der Waals surface area (Å²) in [6.07, 6.45) is 2.45. The van der Waals surface area contributed by atoms with Gasteiger partial charge in [0.1, 0.15) is 17.8 Å². The monoisotopic (exact) mass is 445 g/mol. The van der Waals surface area contributed by atoms with Crippen LogP contribution in [0.1, 0.15) is 35.7 Å². The van der Waals surface area contributed by atoms with E-state index in [9.17, 15) is 9.59 Å². The molecule has 3 atom stereocenters. The topological polar surface area (TPSA) is 74.9 Å². The molecule has 7 heteroatoms. The van der Waals surface area contributed by atoms with Gasteiger partial charge >= 0.3 is 0 Å². The Hall–Kier alpha value is -3.32. The molecule has 3 aromatic rings. The fraction of sp³-hybridized carbons (Fsp3) is 0.385. The summed E-state index contributed by atoms with van der Waals surface area (Å²) in [5, 5.41) is 1.10. The molecule has 2 amide bonds. The van der Waals surface area contributed by atoms with Gasteiger partial charge in [0.05, 0.1) is 19.8 Å². The van der Waals surface area contributed by atoms with Gasteiger partial charge in [0, 0.05) is 41.7 Å². The highest BCUT2D eigenvalue weighted by atomic mass is 16.5. The molecule has 1 N–H and O–H groups in total. The van der Waals surface area contributed by atoms with Crippen LogP contribution in [0.3, 0.4) is 0 Å². The summed E-state index contributed by atoms with van der Waals surface area (Å²) in [6.45, 7) is 1.29. The molecular formula is C26H27N3O4. The molecule has 170 valence electrons. The van der Waals surface area contributed by atoms with Crippen LogP contribution < -0.4 is 4.74 Å². The molecule has 2 fully saturated rings. The molecule has 0 spiro atoms. The summed E-state index contributed by atoms with van der Waals surface area (Å²) >= 11 is 0. The summed E-state index contributed by atoms with van der Waals surface area (Å²) in [5.41, 5.74) is 3.96. The lowest BCUT2D eigenvalue weighted by Gasteiger charge is -2.47. The highest BCUT2D eigenvalue weighted by Crippen LogP contribution is 2.44. The lowest BCUT2D eigenvalue weighted by atomic mass is 9.86. The zero-order valence-corrected chi connectivity index (χ0v) is 18.6. The number of piperazine rings is 1. The minimum Gasteiger partial charge on any atom is -0.496 e. The third kappa shape index (κ3) is 3.22. The van der Waals surface area contributed by atoms with Crippen LogP contribution in [0, 0.1) is 0 Å². The second-order valence-electron chi connectivity index (χ2n) is 9.08. The Kier molecular flexibility index (Phi) is 4.87. The maximum atomic E-state index is 13.7. The standard InChI is InChI=1S/C26H27N3O4/c1-32-22-11-5-3-9-18(22)25-24-19(17-8-2-4-10-20(17)27-24)13-21-26(31)28(15-23(30)29(21)25)14-16-7-6-12-33-16/h2-5,8-11,16,21,25,27H,6-7,12-15H2,1H3/t16-,21+,25+/m1/s1. The van der Waals surface area contributed by atoms with E-state index in [4.69, 9.17) is 9.47 Å². The zero-order chi connectivity index (χ0) is 22.5. The number of rotatable bonds is 4. The smallest absolute Gasteiger partial charge is 0.246 e. The maximum absolute atomic E-state index is 13.7. The van der Waals surface area contributed by atoms with E-state index in [0.717, 1.165) is 47.2 Å². The third-order valence-corrected chi connectivity index (χ3v) is 7.22. The molecule has 2 saturated heterocycles. The van der Waals surface area contributed by atoms with Crippen LogP contribution in [0.25, 0.3) is 10.9 Å². The number of amides is 2. The van der Waals surface area contributed by atoms with Crippen LogP contribution in [0.4, 0.5) is 0 Å². The second kappa shape index (κ2) is 7.92. The summed E-state index contributed by atoms with van der Waals surface area (Å²) < 4.78 is 11.4. The van der Waals surface area contributed by atoms with Crippen molar-refractivity contribution >= 4 is 22.7 Å². The molecular weight excluding hydrogens is 418 g/mol. The van der Waals surface area contributed by atoms with Gasteiger partial charge in [-0.2, -0.15) is 0 Å². The molecule has 0 radical (unpaired) electrons. The second-order valence-corrected chi connectivity index (χ2v) is 9.08. The van der Waals surface area contributed by atoms with Crippen molar-refractivity contribution in [2.24, 2.45) is 0 Å². The van der Waals surface area contributed by atoms with Crippen molar-refractivity contribution in [3.8, 4) is 5.75 Å². The fourth-order valence-electron chi connectivity index (χ4n) is 5.73. The van der Waals surface area contributed by atoms with Crippen LogP contribution in [-0.2, 0) is 20.7 Å². The first-order chi connectivity index (χ1) is 16.2. The minimum atomic E-state index is -0.547. The van der Waals surface area contributed by atoms with Crippen molar-refractivity contribution in [3.05, 3.63) is 65.4 Å². The summed E-state index contributed by atoms with van der Waals surface area (Å²) in [4.78, 5) is 34.4. The van der Waals surface area contributed by atoms with Crippen LogP contribution >= 0.6 is 0 Å². The minimum absolute atomic E-state index is 0.000860. The molecule has 4 heterocycles. The largest absolute Gasteiger partial charge is 0.496 e. The van der Waals surface area contributed by atoms with E-state index in [-0.39, 0.29) is 24.5 Å². The number of aromatic nitrogens is 1. The predicted molar refractivity (Wildman–Crippen MR) is 123 cm³/mol. The normalized spacial score (nSPS) is 24.8. The number of hydrogen-bond donors (Lipinski definition) is 1. The number of nitrogens with one attached hydrogen (secondary N) is 1. The summed E-state index contributed by atoms with van der Waals surface area (Å²) in [6, 6.07) is 14.9. The van der Waals surface area contributed by atoms with E-state index < -0.39 is 12.1 Å². The van der Waals surface area contributed by atoms with Gasteiger partial charge in [0.25, 0.3) is 0 Å². The number of para-hydroxylation sites is 2. The first-order valence-corrected chi connectivity index (χ1v) is 11.6. The summed E-state index contributed by atoms with van der Waals surface area (Å²) in [7, 11) is 1.64. The lowest BCUT2D eigenvalue weighted by molar-refractivity contribution is -0.160. The number of nitrogens with zero attached hydrogens (tertiary/aromatic N) is 2. The van der Waals surface area contributed by atoms with E-state index in [1.807, 2.05) is 42.5 Å². The van der Waals surface area contributed by atoms with Gasteiger partial charge in [-0.15, -0.1) is 0 Å². The molecule has 0 aliphatic carbocycles. The first kappa shape index (κ1) is 20.3. The van der Waals surface area contributed by atoms with E-state index in [1.54, 1.807) is 16.9 Å². The van der Waals surface area contributed by atoms with E-state index in [2.05, 4.69) is 11.1 Å². The third-order valence-electron chi connectivity index (χ3n) is 7.22. The number of carbonyl (C=O) groups excluding carboxylic acids is 2. The SMILES string of the molecule is COc1ccccc1[C@H]1c2[nH]c3ccccc3c2C[C@H]2C(=O)N(C[C@H]3CCCO3)CC(=O)N12. The number of methoxy groups -OCH3 is 1. The Bertz CT molecular complexity index is 1230. The molecule has 3 aliphatic heterocycles. The Morgan fingerprint density at radius 3 is 2.76 bits per heavy atom. The van der Waals surface area contributed by atoms with Crippen LogP contribution in [-0.4, -0.2) is 65.6 Å². The van der Waals surface area contributed by atoms with Gasteiger partial charge in [-0.05, 0) is 30.5 Å². The van der Waals surface area contributed by atoms with Gasteiger partial charge in [-0.25, -0.2) is 0 Å². The number of ether oxygens (including phenoxy) is 2. The van der Waals surface area contributed by atoms with Crippen LogP contribution in [0.15, 0.2) is 48.5 Å². The molecule has 0 saturated carbocycles.